The van der Waals surface area contributed by atoms with Crippen LogP contribution in [0.4, 0.5) is 0 Å². The predicted octanol–water partition coefficient (Wildman–Crippen LogP) is 2.28. The molecular weight excluding hydrogens is 358 g/mol. The third kappa shape index (κ3) is 3.37. The summed E-state index contributed by atoms with van der Waals surface area (Å²) >= 11 is 0. The first kappa shape index (κ1) is 18.5. The summed E-state index contributed by atoms with van der Waals surface area (Å²) in [7, 11) is 3.22. The Balaban J connectivity index is 1.56. The molecule has 7 heteroatoms. The van der Waals surface area contributed by atoms with E-state index in [1.165, 1.54) is 10.7 Å². The number of rotatable bonds is 5. The molecule has 2 aromatic rings. The van der Waals surface area contributed by atoms with Gasteiger partial charge in [0.2, 0.25) is 5.91 Å². The molecule has 0 spiro atoms. The Bertz CT molecular complexity index is 965. The number of hydrogen-bond donors (Lipinski definition) is 0. The third-order valence-corrected chi connectivity index (χ3v) is 5.60. The van der Waals surface area contributed by atoms with Crippen molar-refractivity contribution in [1.29, 1.82) is 0 Å². The van der Waals surface area contributed by atoms with Crippen molar-refractivity contribution in [1.82, 2.24) is 14.7 Å². The zero-order chi connectivity index (χ0) is 19.8. The normalized spacial score (nSPS) is 17.0. The summed E-state index contributed by atoms with van der Waals surface area (Å²) in [4.78, 5) is 27.2. The maximum absolute atomic E-state index is 13.1. The van der Waals surface area contributed by atoms with Gasteiger partial charge in [-0.25, -0.2) is 4.68 Å². The van der Waals surface area contributed by atoms with Gasteiger partial charge in [0, 0.05) is 25.1 Å². The second-order valence-electron chi connectivity index (χ2n) is 7.48. The van der Waals surface area contributed by atoms with Gasteiger partial charge in [-0.2, -0.15) is 5.10 Å². The molecule has 1 aromatic carbocycles. The van der Waals surface area contributed by atoms with Crippen molar-refractivity contribution in [2.45, 2.75) is 44.7 Å². The largest absolute Gasteiger partial charge is 0.493 e. The lowest BCUT2D eigenvalue weighted by molar-refractivity contribution is -0.135. The van der Waals surface area contributed by atoms with Crippen molar-refractivity contribution in [3.63, 3.8) is 0 Å². The van der Waals surface area contributed by atoms with Crippen molar-refractivity contribution >= 4 is 5.91 Å². The van der Waals surface area contributed by atoms with E-state index in [2.05, 4.69) is 5.10 Å². The SMILES string of the molecule is COc1cc2c(cc1OC)CN(C(=O)C(C)n1nc(C3CC3)ccc1=O)CC2. The van der Waals surface area contributed by atoms with E-state index >= 15 is 0 Å². The van der Waals surface area contributed by atoms with Crippen LogP contribution in [0, 0.1) is 0 Å². The van der Waals surface area contributed by atoms with Crippen LogP contribution in [0.2, 0.25) is 0 Å². The van der Waals surface area contributed by atoms with Crippen molar-refractivity contribution in [2.24, 2.45) is 0 Å². The second-order valence-corrected chi connectivity index (χ2v) is 7.48. The first-order valence-corrected chi connectivity index (χ1v) is 9.64. The summed E-state index contributed by atoms with van der Waals surface area (Å²) in [5.41, 5.74) is 2.85. The molecule has 1 atom stereocenters. The van der Waals surface area contributed by atoms with Crippen molar-refractivity contribution in [2.75, 3.05) is 20.8 Å². The first-order chi connectivity index (χ1) is 13.5. The van der Waals surface area contributed by atoms with Gasteiger partial charge in [0.15, 0.2) is 11.5 Å². The predicted molar refractivity (Wildman–Crippen MR) is 104 cm³/mol. The topological polar surface area (TPSA) is 73.7 Å². The molecular formula is C21H25N3O4. The smallest absolute Gasteiger partial charge is 0.267 e. The van der Waals surface area contributed by atoms with Gasteiger partial charge < -0.3 is 14.4 Å². The fraction of sp³-hybridized carbons (Fsp3) is 0.476. The van der Waals surface area contributed by atoms with Crippen LogP contribution < -0.4 is 15.0 Å². The maximum atomic E-state index is 13.1. The molecule has 1 unspecified atom stereocenters. The molecule has 1 aliphatic heterocycles. The van der Waals surface area contributed by atoms with Crippen LogP contribution in [0.25, 0.3) is 0 Å². The lowest BCUT2D eigenvalue weighted by Gasteiger charge is -2.31. The quantitative estimate of drug-likeness (QED) is 0.792. The Morgan fingerprint density at radius 1 is 1.14 bits per heavy atom. The summed E-state index contributed by atoms with van der Waals surface area (Å²) in [5.74, 6) is 1.68. The minimum absolute atomic E-state index is 0.0945. The Labute approximate surface area is 163 Å². The highest BCUT2D eigenvalue weighted by Crippen LogP contribution is 2.38. The van der Waals surface area contributed by atoms with Crippen LogP contribution in [0.3, 0.4) is 0 Å². The number of carbonyl (C=O) groups excluding carboxylic acids is 1. The minimum Gasteiger partial charge on any atom is -0.493 e. The van der Waals surface area contributed by atoms with Gasteiger partial charge in [0.25, 0.3) is 5.56 Å². The number of benzene rings is 1. The summed E-state index contributed by atoms with van der Waals surface area (Å²) in [5, 5.41) is 4.46. The fourth-order valence-electron chi connectivity index (χ4n) is 3.75. The van der Waals surface area contributed by atoms with Crippen molar-refractivity contribution in [3.8, 4) is 11.5 Å². The third-order valence-electron chi connectivity index (χ3n) is 5.60. The van der Waals surface area contributed by atoms with Gasteiger partial charge in [-0.1, -0.05) is 0 Å². The zero-order valence-electron chi connectivity index (χ0n) is 16.5. The van der Waals surface area contributed by atoms with Crippen molar-refractivity contribution in [3.05, 3.63) is 51.4 Å². The van der Waals surface area contributed by atoms with Crippen LogP contribution in [-0.4, -0.2) is 41.4 Å². The molecule has 1 fully saturated rings. The van der Waals surface area contributed by atoms with E-state index in [-0.39, 0.29) is 11.5 Å². The van der Waals surface area contributed by atoms with Gasteiger partial charge >= 0.3 is 0 Å². The Morgan fingerprint density at radius 2 is 1.82 bits per heavy atom. The number of ether oxygens (including phenoxy) is 2. The molecule has 0 bridgehead atoms. The summed E-state index contributed by atoms with van der Waals surface area (Å²) in [6.45, 7) is 2.83. The van der Waals surface area contributed by atoms with Gasteiger partial charge in [-0.15, -0.1) is 0 Å². The molecule has 1 aliphatic carbocycles. The second kappa shape index (κ2) is 7.30. The Morgan fingerprint density at radius 3 is 2.46 bits per heavy atom. The molecule has 1 amide bonds. The van der Waals surface area contributed by atoms with E-state index in [4.69, 9.17) is 9.47 Å². The summed E-state index contributed by atoms with van der Waals surface area (Å²) in [6, 6.07) is 6.58. The number of fused-ring (bicyclic) bond motifs is 1. The fourth-order valence-corrected chi connectivity index (χ4v) is 3.75. The molecule has 2 heterocycles. The van der Waals surface area contributed by atoms with Crippen LogP contribution in [0.1, 0.15) is 48.5 Å². The lowest BCUT2D eigenvalue weighted by Crippen LogP contribution is -2.42. The average molecular weight is 383 g/mol. The molecule has 1 saturated carbocycles. The standard InChI is InChI=1S/C21H25N3O4/c1-13(24-20(25)7-6-17(22-24)14-4-5-14)21(26)23-9-8-15-10-18(27-2)19(28-3)11-16(15)12-23/h6-7,10-11,13-14H,4-5,8-9,12H2,1-3H3. The van der Waals surface area contributed by atoms with E-state index in [9.17, 15) is 9.59 Å². The number of carbonyl (C=O) groups is 1. The van der Waals surface area contributed by atoms with Crippen LogP contribution in [-0.2, 0) is 17.8 Å². The molecule has 0 N–H and O–H groups in total. The summed E-state index contributed by atoms with van der Waals surface area (Å²) in [6.07, 6.45) is 2.93. The first-order valence-electron chi connectivity index (χ1n) is 9.64. The van der Waals surface area contributed by atoms with Gasteiger partial charge in [0.05, 0.1) is 19.9 Å². The van der Waals surface area contributed by atoms with E-state index < -0.39 is 6.04 Å². The molecule has 2 aliphatic rings. The van der Waals surface area contributed by atoms with E-state index in [1.54, 1.807) is 32.1 Å². The van der Waals surface area contributed by atoms with Gasteiger partial charge in [-0.05, 0) is 55.5 Å². The van der Waals surface area contributed by atoms with E-state index in [0.717, 1.165) is 36.1 Å². The monoisotopic (exact) mass is 383 g/mol. The van der Waals surface area contributed by atoms with Crippen LogP contribution in [0.15, 0.2) is 29.1 Å². The highest BCUT2D eigenvalue weighted by atomic mass is 16.5. The summed E-state index contributed by atoms with van der Waals surface area (Å²) < 4.78 is 12.1. The number of methoxy groups -OCH3 is 2. The zero-order valence-corrected chi connectivity index (χ0v) is 16.5. The Hall–Kier alpha value is -2.83. The maximum Gasteiger partial charge on any atom is 0.267 e. The van der Waals surface area contributed by atoms with Gasteiger partial charge in [-0.3, -0.25) is 9.59 Å². The number of hydrogen-bond acceptors (Lipinski definition) is 5. The highest BCUT2D eigenvalue weighted by molar-refractivity contribution is 5.80. The van der Waals surface area contributed by atoms with E-state index in [0.29, 0.717) is 30.5 Å². The Kier molecular flexibility index (Phi) is 4.83. The molecule has 1 aromatic heterocycles. The highest BCUT2D eigenvalue weighted by Gasteiger charge is 2.30. The minimum atomic E-state index is -0.632. The van der Waals surface area contributed by atoms with Crippen molar-refractivity contribution < 1.29 is 14.3 Å². The molecule has 7 nitrogen and oxygen atoms in total. The molecule has 28 heavy (non-hydrogen) atoms. The average Bonchev–Trinajstić information content (AvgIpc) is 3.57. The number of nitrogens with zero attached hydrogens (tertiary/aromatic N) is 3. The van der Waals surface area contributed by atoms with Crippen LogP contribution in [0.5, 0.6) is 11.5 Å². The number of amides is 1. The molecule has 4 rings (SSSR count). The number of aromatic nitrogens is 2. The molecule has 0 saturated heterocycles. The lowest BCUT2D eigenvalue weighted by atomic mass is 9.98. The van der Waals surface area contributed by atoms with Gasteiger partial charge in [0.1, 0.15) is 6.04 Å². The van der Waals surface area contributed by atoms with E-state index in [1.807, 2.05) is 12.1 Å². The molecule has 0 radical (unpaired) electrons. The van der Waals surface area contributed by atoms with Crippen LogP contribution >= 0.6 is 0 Å². The molecule has 148 valence electrons.